The summed E-state index contributed by atoms with van der Waals surface area (Å²) in [6.07, 6.45) is 2.85. The van der Waals surface area contributed by atoms with E-state index in [2.05, 4.69) is 15.8 Å². The highest BCUT2D eigenvalue weighted by Gasteiger charge is 2.07. The van der Waals surface area contributed by atoms with Gasteiger partial charge < -0.3 is 14.5 Å². The third-order valence-electron chi connectivity index (χ3n) is 2.87. The molecule has 0 radical (unpaired) electrons. The fourth-order valence-electron chi connectivity index (χ4n) is 1.72. The lowest BCUT2D eigenvalue weighted by molar-refractivity contribution is -0.127. The van der Waals surface area contributed by atoms with Gasteiger partial charge in [0.25, 0.3) is 11.8 Å². The summed E-state index contributed by atoms with van der Waals surface area (Å²) in [5.74, 6) is 0.177. The minimum absolute atomic E-state index is 0.203. The summed E-state index contributed by atoms with van der Waals surface area (Å²) in [6.45, 7) is 1.41. The predicted octanol–water partition coefficient (Wildman–Crippen LogP) is 1.89. The number of carbonyl (C=O) groups is 2. The lowest BCUT2D eigenvalue weighted by Gasteiger charge is -2.09. The maximum absolute atomic E-state index is 11.7. The largest absolute Gasteiger partial charge is 0.484 e. The molecule has 0 aliphatic carbocycles. The average Bonchev–Trinajstić information content (AvgIpc) is 3.05. The smallest absolute Gasteiger partial charge is 0.259 e. The number of hydrazone groups is 1. The molecule has 2 aromatic rings. The van der Waals surface area contributed by atoms with Gasteiger partial charge in [-0.15, -0.1) is 0 Å². The number of furan rings is 1. The predicted molar refractivity (Wildman–Crippen MR) is 89.1 cm³/mol. The zero-order valence-electron chi connectivity index (χ0n) is 12.9. The van der Waals surface area contributed by atoms with Crippen molar-refractivity contribution in [1.82, 2.24) is 10.7 Å². The van der Waals surface area contributed by atoms with Crippen LogP contribution in [0, 0.1) is 6.92 Å². The normalized spacial score (nSPS) is 10.6. The van der Waals surface area contributed by atoms with E-state index in [0.717, 1.165) is 5.56 Å². The molecule has 7 nitrogen and oxygen atoms in total. The van der Waals surface area contributed by atoms with Crippen LogP contribution in [0.3, 0.4) is 0 Å². The lowest BCUT2D eigenvalue weighted by Crippen LogP contribution is -2.37. The molecule has 0 saturated heterocycles. The van der Waals surface area contributed by atoms with E-state index in [1.807, 2.05) is 6.92 Å². The molecule has 0 unspecified atom stereocenters. The second kappa shape index (κ2) is 8.73. The van der Waals surface area contributed by atoms with Crippen LogP contribution in [0.5, 0.6) is 5.75 Å². The van der Waals surface area contributed by atoms with Crippen molar-refractivity contribution in [2.75, 3.05) is 13.2 Å². The summed E-state index contributed by atoms with van der Waals surface area (Å²) in [5, 5.41) is 6.71. The first-order valence-corrected chi connectivity index (χ1v) is 7.43. The van der Waals surface area contributed by atoms with Crippen molar-refractivity contribution in [3.8, 4) is 5.75 Å². The van der Waals surface area contributed by atoms with Crippen molar-refractivity contribution in [2.24, 2.45) is 5.10 Å². The van der Waals surface area contributed by atoms with Crippen LogP contribution in [0.15, 0.2) is 46.1 Å². The van der Waals surface area contributed by atoms with Crippen LogP contribution in [0.1, 0.15) is 11.3 Å². The number of carbonyl (C=O) groups excluding carboxylic acids is 2. The number of nitrogens with zero attached hydrogens (tertiary/aromatic N) is 1. The minimum atomic E-state index is -0.464. The number of rotatable bonds is 7. The molecule has 2 N–H and O–H groups in total. The summed E-state index contributed by atoms with van der Waals surface area (Å²) in [4.78, 5) is 23.2. The van der Waals surface area contributed by atoms with Crippen molar-refractivity contribution in [3.63, 3.8) is 0 Å². The van der Waals surface area contributed by atoms with Crippen LogP contribution < -0.4 is 15.5 Å². The van der Waals surface area contributed by atoms with Crippen molar-refractivity contribution in [2.45, 2.75) is 6.92 Å². The van der Waals surface area contributed by atoms with Gasteiger partial charge in [-0.05, 0) is 42.8 Å². The van der Waals surface area contributed by atoms with Gasteiger partial charge in [0, 0.05) is 5.02 Å². The van der Waals surface area contributed by atoms with Gasteiger partial charge in [-0.1, -0.05) is 11.6 Å². The minimum Gasteiger partial charge on any atom is -0.484 e. The van der Waals surface area contributed by atoms with Crippen LogP contribution in [-0.2, 0) is 9.59 Å². The zero-order valence-corrected chi connectivity index (χ0v) is 13.7. The maximum Gasteiger partial charge on any atom is 0.259 e. The Morgan fingerprint density at radius 2 is 2.17 bits per heavy atom. The van der Waals surface area contributed by atoms with Gasteiger partial charge in [-0.25, -0.2) is 5.43 Å². The molecule has 0 fully saturated rings. The van der Waals surface area contributed by atoms with Gasteiger partial charge >= 0.3 is 0 Å². The van der Waals surface area contributed by atoms with Crippen LogP contribution in [0.2, 0.25) is 5.02 Å². The fraction of sp³-hybridized carbons (Fsp3) is 0.188. The lowest BCUT2D eigenvalue weighted by atomic mass is 10.2. The zero-order chi connectivity index (χ0) is 17.4. The molecule has 0 bridgehead atoms. The molecule has 2 rings (SSSR count). The van der Waals surface area contributed by atoms with E-state index in [1.165, 1.54) is 12.5 Å². The highest BCUT2D eigenvalue weighted by molar-refractivity contribution is 6.30. The molecule has 0 aliphatic rings. The number of nitrogens with one attached hydrogen (secondary N) is 2. The summed E-state index contributed by atoms with van der Waals surface area (Å²) >= 11 is 5.84. The molecule has 1 heterocycles. The molecule has 1 aromatic carbocycles. The number of benzene rings is 1. The summed E-state index contributed by atoms with van der Waals surface area (Å²) < 4.78 is 10.4. The van der Waals surface area contributed by atoms with E-state index in [-0.39, 0.29) is 13.2 Å². The molecule has 2 amide bonds. The molecule has 0 aliphatic heterocycles. The Morgan fingerprint density at radius 3 is 2.88 bits per heavy atom. The van der Waals surface area contributed by atoms with Crippen molar-refractivity contribution in [1.29, 1.82) is 0 Å². The molecular weight excluding hydrogens is 334 g/mol. The van der Waals surface area contributed by atoms with E-state index in [0.29, 0.717) is 16.5 Å². The first kappa shape index (κ1) is 17.6. The number of ether oxygens (including phenoxy) is 1. The number of halogens is 1. The molecule has 0 atom stereocenters. The van der Waals surface area contributed by atoms with E-state index in [4.69, 9.17) is 20.8 Å². The Labute approximate surface area is 143 Å². The highest BCUT2D eigenvalue weighted by Crippen LogP contribution is 2.21. The van der Waals surface area contributed by atoms with Gasteiger partial charge in [0.1, 0.15) is 11.5 Å². The van der Waals surface area contributed by atoms with E-state index in [1.54, 1.807) is 30.3 Å². The Morgan fingerprint density at radius 1 is 1.33 bits per heavy atom. The van der Waals surface area contributed by atoms with Crippen molar-refractivity contribution in [3.05, 3.63) is 52.9 Å². The molecule has 0 spiro atoms. The van der Waals surface area contributed by atoms with E-state index in [9.17, 15) is 9.59 Å². The van der Waals surface area contributed by atoms with Crippen molar-refractivity contribution >= 4 is 29.6 Å². The van der Waals surface area contributed by atoms with Gasteiger partial charge in [-0.2, -0.15) is 5.10 Å². The van der Waals surface area contributed by atoms with E-state index >= 15 is 0 Å². The second-order valence-corrected chi connectivity index (χ2v) is 5.22. The van der Waals surface area contributed by atoms with Crippen LogP contribution in [-0.4, -0.2) is 31.2 Å². The number of amides is 2. The Hall–Kier alpha value is -2.80. The average molecular weight is 350 g/mol. The summed E-state index contributed by atoms with van der Waals surface area (Å²) in [5.41, 5.74) is 3.09. The van der Waals surface area contributed by atoms with Gasteiger partial charge in [0.05, 0.1) is 19.0 Å². The molecule has 8 heteroatoms. The third kappa shape index (κ3) is 5.77. The first-order valence-electron chi connectivity index (χ1n) is 7.05. The molecule has 0 saturated carbocycles. The van der Waals surface area contributed by atoms with Gasteiger partial charge in [-0.3, -0.25) is 9.59 Å². The van der Waals surface area contributed by atoms with Crippen LogP contribution in [0.25, 0.3) is 0 Å². The third-order valence-corrected chi connectivity index (χ3v) is 3.10. The Balaban J connectivity index is 1.68. The molecule has 126 valence electrons. The Kier molecular flexibility index (Phi) is 6.39. The summed E-state index contributed by atoms with van der Waals surface area (Å²) in [6, 6.07) is 8.48. The molecule has 1 aromatic heterocycles. The summed E-state index contributed by atoms with van der Waals surface area (Å²) in [7, 11) is 0. The number of aryl methyl sites for hydroxylation is 1. The van der Waals surface area contributed by atoms with Crippen molar-refractivity contribution < 1.29 is 18.7 Å². The highest BCUT2D eigenvalue weighted by atomic mass is 35.5. The quantitative estimate of drug-likeness (QED) is 0.589. The van der Waals surface area contributed by atoms with Gasteiger partial charge in [0.2, 0.25) is 0 Å². The number of hydrogen-bond acceptors (Lipinski definition) is 5. The van der Waals surface area contributed by atoms with E-state index < -0.39 is 11.8 Å². The second-order valence-electron chi connectivity index (χ2n) is 4.78. The number of hydrogen-bond donors (Lipinski definition) is 2. The fourth-order valence-corrected chi connectivity index (χ4v) is 1.95. The SMILES string of the molecule is Cc1cc(Cl)ccc1OCC(=O)NCC(=O)N/N=C\c1ccco1. The van der Waals surface area contributed by atoms with Crippen LogP contribution in [0.4, 0.5) is 0 Å². The topological polar surface area (TPSA) is 92.9 Å². The Bertz CT molecular complexity index is 729. The maximum atomic E-state index is 11.7. The van der Waals surface area contributed by atoms with Gasteiger partial charge in [0.15, 0.2) is 6.61 Å². The molecule has 24 heavy (non-hydrogen) atoms. The first-order chi connectivity index (χ1) is 11.5. The van der Waals surface area contributed by atoms with Crippen LogP contribution >= 0.6 is 11.6 Å². The standard InChI is InChI=1S/C16H16ClN3O4/c1-11-7-12(17)4-5-14(11)24-10-16(22)18-9-15(21)20-19-8-13-3-2-6-23-13/h2-8H,9-10H2,1H3,(H,18,22)(H,20,21)/b19-8-. The molecular formula is C16H16ClN3O4. The monoisotopic (exact) mass is 349 g/mol.